The molecule has 1 heterocycles. The molecule has 3 amide bonds. The minimum Gasteiger partial charge on any atom is -0.381 e. The molecule has 0 N–H and O–H groups in total. The fourth-order valence-corrected chi connectivity index (χ4v) is 4.61. The highest BCUT2D eigenvalue weighted by atomic mass is 16.5. The van der Waals surface area contributed by atoms with Gasteiger partial charge in [-0.3, -0.25) is 9.69 Å². The molecule has 2 fully saturated rings. The van der Waals surface area contributed by atoms with Crippen LogP contribution in [-0.4, -0.2) is 47.5 Å². The molecule has 4 rings (SSSR count). The van der Waals surface area contributed by atoms with Gasteiger partial charge in [0.25, 0.3) is 5.91 Å². The number of hydrogen-bond donors (Lipinski definition) is 0. The number of hydrogen-bond acceptors (Lipinski definition) is 3. The van der Waals surface area contributed by atoms with Crippen molar-refractivity contribution in [3.05, 3.63) is 34.9 Å². The molecule has 1 aromatic carbocycles. The van der Waals surface area contributed by atoms with Crippen molar-refractivity contribution in [2.24, 2.45) is 0 Å². The lowest BCUT2D eigenvalue weighted by Gasteiger charge is -2.45. The van der Waals surface area contributed by atoms with Gasteiger partial charge in [-0.25, -0.2) is 4.79 Å². The lowest BCUT2D eigenvalue weighted by Crippen LogP contribution is -2.60. The number of urea groups is 1. The molecule has 0 bridgehead atoms. The van der Waals surface area contributed by atoms with Gasteiger partial charge in [0.2, 0.25) is 0 Å². The third-order valence-electron chi connectivity index (χ3n) is 6.41. The summed E-state index contributed by atoms with van der Waals surface area (Å²) in [5, 5.41) is 0. The molecule has 2 aliphatic carbocycles. The molecule has 5 heteroatoms. The summed E-state index contributed by atoms with van der Waals surface area (Å²) < 4.78 is 5.36. The Morgan fingerprint density at radius 3 is 2.60 bits per heavy atom. The van der Waals surface area contributed by atoms with E-state index >= 15 is 0 Å². The Morgan fingerprint density at radius 1 is 1.24 bits per heavy atom. The maximum Gasteiger partial charge on any atom is 0.327 e. The summed E-state index contributed by atoms with van der Waals surface area (Å²) >= 11 is 0. The van der Waals surface area contributed by atoms with Crippen LogP contribution in [0.4, 0.5) is 4.79 Å². The van der Waals surface area contributed by atoms with Crippen LogP contribution in [0.15, 0.2) is 18.2 Å². The van der Waals surface area contributed by atoms with E-state index in [4.69, 9.17) is 4.74 Å². The molecular weight excluding hydrogens is 316 g/mol. The molecule has 0 radical (unpaired) electrons. The predicted octanol–water partition coefficient (Wildman–Crippen LogP) is 3.24. The minimum atomic E-state index is -0.684. The number of imide groups is 1. The fraction of sp³-hybridized carbons (Fsp3) is 0.600. The monoisotopic (exact) mass is 342 g/mol. The van der Waals surface area contributed by atoms with E-state index in [1.807, 2.05) is 0 Å². The van der Waals surface area contributed by atoms with Crippen LogP contribution in [0, 0.1) is 0 Å². The SMILES string of the molecule is COC1CC2(C1)C(=O)N(C1CCc3ccc(C(C)C)cc31)C(=O)N2C. The first-order valence-corrected chi connectivity index (χ1v) is 9.16. The number of carbonyl (C=O) groups excluding carboxylic acids is 2. The molecule has 1 spiro atoms. The van der Waals surface area contributed by atoms with Crippen molar-refractivity contribution in [1.82, 2.24) is 9.80 Å². The van der Waals surface area contributed by atoms with Crippen molar-refractivity contribution in [3.63, 3.8) is 0 Å². The van der Waals surface area contributed by atoms with Crippen molar-refractivity contribution < 1.29 is 14.3 Å². The second kappa shape index (κ2) is 5.56. The molecule has 5 nitrogen and oxygen atoms in total. The van der Waals surface area contributed by atoms with Crippen LogP contribution in [0.3, 0.4) is 0 Å². The van der Waals surface area contributed by atoms with E-state index in [0.29, 0.717) is 18.8 Å². The number of amides is 3. The summed E-state index contributed by atoms with van der Waals surface area (Å²) in [6.45, 7) is 4.33. The minimum absolute atomic E-state index is 0.0406. The van der Waals surface area contributed by atoms with Gasteiger partial charge in [0.15, 0.2) is 0 Å². The van der Waals surface area contributed by atoms with Gasteiger partial charge in [0.1, 0.15) is 5.54 Å². The first-order chi connectivity index (χ1) is 11.9. The number of benzene rings is 1. The quantitative estimate of drug-likeness (QED) is 0.793. The molecule has 1 aliphatic heterocycles. The Hall–Kier alpha value is -1.88. The Balaban J connectivity index is 1.67. The zero-order valence-corrected chi connectivity index (χ0v) is 15.4. The first kappa shape index (κ1) is 16.6. The average molecular weight is 342 g/mol. The lowest BCUT2D eigenvalue weighted by molar-refractivity contribution is -0.146. The smallest absolute Gasteiger partial charge is 0.327 e. The molecule has 1 atom stereocenters. The van der Waals surface area contributed by atoms with E-state index in [9.17, 15) is 9.59 Å². The number of ether oxygens (including phenoxy) is 1. The number of rotatable bonds is 3. The number of nitrogens with zero attached hydrogens (tertiary/aromatic N) is 2. The fourth-order valence-electron chi connectivity index (χ4n) is 4.61. The van der Waals surface area contributed by atoms with Gasteiger partial charge in [-0.15, -0.1) is 0 Å². The summed E-state index contributed by atoms with van der Waals surface area (Å²) in [6, 6.07) is 6.24. The van der Waals surface area contributed by atoms with E-state index in [1.54, 1.807) is 19.1 Å². The van der Waals surface area contributed by atoms with Gasteiger partial charge < -0.3 is 9.64 Å². The highest BCUT2D eigenvalue weighted by molar-refractivity contribution is 6.08. The van der Waals surface area contributed by atoms with Crippen molar-refractivity contribution in [3.8, 4) is 0 Å². The zero-order valence-electron chi connectivity index (χ0n) is 15.4. The van der Waals surface area contributed by atoms with Gasteiger partial charge >= 0.3 is 6.03 Å². The van der Waals surface area contributed by atoms with E-state index < -0.39 is 5.54 Å². The summed E-state index contributed by atoms with van der Waals surface area (Å²) in [7, 11) is 3.42. The lowest BCUT2D eigenvalue weighted by atomic mass is 9.73. The number of aryl methyl sites for hydroxylation is 1. The van der Waals surface area contributed by atoms with Crippen LogP contribution in [-0.2, 0) is 16.0 Å². The van der Waals surface area contributed by atoms with Crippen LogP contribution in [0.1, 0.15) is 61.8 Å². The Kier molecular flexibility index (Phi) is 3.69. The number of carbonyl (C=O) groups is 2. The Bertz CT molecular complexity index is 736. The highest BCUT2D eigenvalue weighted by Gasteiger charge is 2.64. The second-order valence-electron chi connectivity index (χ2n) is 7.98. The summed E-state index contributed by atoms with van der Waals surface area (Å²) in [6.07, 6.45) is 3.03. The molecule has 1 unspecified atom stereocenters. The maximum atomic E-state index is 13.2. The van der Waals surface area contributed by atoms with Gasteiger partial charge in [0.05, 0.1) is 12.1 Å². The van der Waals surface area contributed by atoms with Crippen molar-refractivity contribution >= 4 is 11.9 Å². The van der Waals surface area contributed by atoms with Gasteiger partial charge in [0, 0.05) is 27.0 Å². The molecule has 1 saturated heterocycles. The highest BCUT2D eigenvalue weighted by Crippen LogP contribution is 2.49. The molecule has 1 aromatic rings. The predicted molar refractivity (Wildman–Crippen MR) is 94.4 cm³/mol. The van der Waals surface area contributed by atoms with Crippen molar-refractivity contribution in [1.29, 1.82) is 0 Å². The Morgan fingerprint density at radius 2 is 1.96 bits per heavy atom. The van der Waals surface area contributed by atoms with Crippen molar-refractivity contribution in [2.45, 2.75) is 63.1 Å². The topological polar surface area (TPSA) is 49.9 Å². The third-order valence-corrected chi connectivity index (χ3v) is 6.41. The summed E-state index contributed by atoms with van der Waals surface area (Å²) in [4.78, 5) is 29.3. The van der Waals surface area contributed by atoms with Gasteiger partial charge in [-0.2, -0.15) is 0 Å². The van der Waals surface area contributed by atoms with E-state index in [2.05, 4.69) is 32.0 Å². The third kappa shape index (κ3) is 2.18. The zero-order chi connectivity index (χ0) is 17.9. The molecule has 1 saturated carbocycles. The normalized spacial score (nSPS) is 31.2. The molecule has 25 heavy (non-hydrogen) atoms. The average Bonchev–Trinajstić information content (AvgIpc) is 3.04. The van der Waals surface area contributed by atoms with Crippen molar-refractivity contribution in [2.75, 3.05) is 14.2 Å². The van der Waals surface area contributed by atoms with E-state index in [0.717, 1.165) is 18.4 Å². The van der Waals surface area contributed by atoms with Crippen LogP contribution < -0.4 is 0 Å². The summed E-state index contributed by atoms with van der Waals surface area (Å²) in [5.41, 5.74) is 3.00. The van der Waals surface area contributed by atoms with E-state index in [1.165, 1.54) is 16.0 Å². The number of likely N-dealkylation sites (N-methyl/N-ethyl adjacent to an activating group) is 1. The van der Waals surface area contributed by atoms with Gasteiger partial charge in [-0.05, 0) is 35.4 Å². The largest absolute Gasteiger partial charge is 0.381 e. The molecular formula is C20H26N2O3. The Labute approximate surface area is 148 Å². The van der Waals surface area contributed by atoms with E-state index in [-0.39, 0.29) is 24.1 Å². The molecule has 0 aromatic heterocycles. The first-order valence-electron chi connectivity index (χ1n) is 9.16. The molecule has 134 valence electrons. The molecule has 3 aliphatic rings. The van der Waals surface area contributed by atoms with Crippen LogP contribution in [0.2, 0.25) is 0 Å². The van der Waals surface area contributed by atoms with Gasteiger partial charge in [-0.1, -0.05) is 32.0 Å². The number of methoxy groups -OCH3 is 1. The van der Waals surface area contributed by atoms with Crippen LogP contribution >= 0.6 is 0 Å². The van der Waals surface area contributed by atoms with Crippen LogP contribution in [0.25, 0.3) is 0 Å². The van der Waals surface area contributed by atoms with Crippen LogP contribution in [0.5, 0.6) is 0 Å². The maximum absolute atomic E-state index is 13.2. The standard InChI is InChI=1S/C20H26N2O3/c1-12(2)14-6-5-13-7-8-17(16(13)9-14)22-18(23)20(21(3)19(22)24)10-15(11-20)25-4/h5-6,9,12,15,17H,7-8,10-11H2,1-4H3. The second-order valence-corrected chi connectivity index (χ2v) is 7.98. The number of fused-ring (bicyclic) bond motifs is 1. The summed E-state index contributed by atoms with van der Waals surface area (Å²) in [5.74, 6) is 0.390.